The van der Waals surface area contributed by atoms with Crippen molar-refractivity contribution in [3.05, 3.63) is 53.6 Å². The summed E-state index contributed by atoms with van der Waals surface area (Å²) in [4.78, 5) is 26.5. The summed E-state index contributed by atoms with van der Waals surface area (Å²) in [6.07, 6.45) is 4.29. The normalized spacial score (nSPS) is 16.6. The SMILES string of the molecule is COc1cc(CNC(=O)C2CN(C(=O)Oc3ccccc3C3CCCC3)C2)ccc1O. The number of hydrogen-bond acceptors (Lipinski definition) is 5. The van der Waals surface area contributed by atoms with Gasteiger partial charge in [-0.1, -0.05) is 37.1 Å². The van der Waals surface area contributed by atoms with Crippen molar-refractivity contribution in [2.45, 2.75) is 38.1 Å². The molecule has 4 rings (SSSR count). The Morgan fingerprint density at radius 2 is 1.84 bits per heavy atom. The van der Waals surface area contributed by atoms with E-state index in [1.165, 1.54) is 26.0 Å². The molecule has 2 aromatic carbocycles. The maximum absolute atomic E-state index is 12.5. The molecule has 1 heterocycles. The smallest absolute Gasteiger partial charge is 0.415 e. The fourth-order valence-electron chi connectivity index (χ4n) is 4.27. The lowest BCUT2D eigenvalue weighted by Gasteiger charge is -2.37. The number of phenols is 1. The monoisotopic (exact) mass is 424 g/mol. The Bertz CT molecular complexity index is 949. The van der Waals surface area contributed by atoms with Crippen molar-refractivity contribution in [1.29, 1.82) is 0 Å². The third-order valence-corrected chi connectivity index (χ3v) is 6.13. The minimum atomic E-state index is -0.405. The lowest BCUT2D eigenvalue weighted by Crippen LogP contribution is -2.56. The van der Waals surface area contributed by atoms with E-state index in [9.17, 15) is 14.7 Å². The average Bonchev–Trinajstić information content (AvgIpc) is 3.27. The fourth-order valence-corrected chi connectivity index (χ4v) is 4.27. The number of methoxy groups -OCH3 is 1. The van der Waals surface area contributed by atoms with E-state index in [-0.39, 0.29) is 17.6 Å². The second-order valence-electron chi connectivity index (χ2n) is 8.21. The molecule has 2 aliphatic rings. The van der Waals surface area contributed by atoms with Crippen LogP contribution < -0.4 is 14.8 Å². The average molecular weight is 424 g/mol. The van der Waals surface area contributed by atoms with Crippen LogP contribution in [0, 0.1) is 5.92 Å². The van der Waals surface area contributed by atoms with E-state index in [4.69, 9.17) is 9.47 Å². The van der Waals surface area contributed by atoms with Crippen LogP contribution >= 0.6 is 0 Å². The molecular formula is C24H28N2O5. The molecular weight excluding hydrogens is 396 g/mol. The molecule has 0 atom stereocenters. The Morgan fingerprint density at radius 1 is 1.10 bits per heavy atom. The van der Waals surface area contributed by atoms with Gasteiger partial charge in [-0.2, -0.15) is 0 Å². The van der Waals surface area contributed by atoms with Gasteiger partial charge < -0.3 is 24.8 Å². The summed E-state index contributed by atoms with van der Waals surface area (Å²) in [5, 5.41) is 12.5. The van der Waals surface area contributed by atoms with E-state index in [0.717, 1.165) is 24.0 Å². The Kier molecular flexibility index (Phi) is 6.30. The molecule has 1 aliphatic heterocycles. The van der Waals surface area contributed by atoms with Crippen LogP contribution in [-0.4, -0.2) is 42.2 Å². The summed E-state index contributed by atoms with van der Waals surface area (Å²) in [7, 11) is 1.48. The molecule has 1 saturated heterocycles. The molecule has 0 bridgehead atoms. The molecule has 0 aromatic heterocycles. The second-order valence-corrected chi connectivity index (χ2v) is 8.21. The van der Waals surface area contributed by atoms with Crippen molar-refractivity contribution in [2.75, 3.05) is 20.2 Å². The Hall–Kier alpha value is -3.22. The molecule has 2 amide bonds. The Morgan fingerprint density at radius 3 is 2.58 bits per heavy atom. The van der Waals surface area contributed by atoms with Crippen LogP contribution in [0.3, 0.4) is 0 Å². The molecule has 0 radical (unpaired) electrons. The van der Waals surface area contributed by atoms with Crippen molar-refractivity contribution < 1.29 is 24.2 Å². The predicted octanol–water partition coefficient (Wildman–Crippen LogP) is 3.81. The quantitative estimate of drug-likeness (QED) is 0.736. The largest absolute Gasteiger partial charge is 0.504 e. The third kappa shape index (κ3) is 4.76. The minimum absolute atomic E-state index is 0.0558. The van der Waals surface area contributed by atoms with Crippen LogP contribution in [0.5, 0.6) is 17.2 Å². The van der Waals surface area contributed by atoms with E-state index in [1.807, 2.05) is 24.3 Å². The van der Waals surface area contributed by atoms with Crippen LogP contribution in [0.2, 0.25) is 0 Å². The van der Waals surface area contributed by atoms with Gasteiger partial charge in [-0.15, -0.1) is 0 Å². The van der Waals surface area contributed by atoms with E-state index in [2.05, 4.69) is 5.32 Å². The van der Waals surface area contributed by atoms with Crippen LogP contribution in [-0.2, 0) is 11.3 Å². The van der Waals surface area contributed by atoms with Crippen LogP contribution in [0.1, 0.15) is 42.7 Å². The third-order valence-electron chi connectivity index (χ3n) is 6.13. The predicted molar refractivity (Wildman–Crippen MR) is 115 cm³/mol. The zero-order chi connectivity index (χ0) is 21.8. The molecule has 1 aliphatic carbocycles. The van der Waals surface area contributed by atoms with Crippen LogP contribution in [0.4, 0.5) is 4.79 Å². The topological polar surface area (TPSA) is 88.1 Å². The standard InChI is InChI=1S/C24H28N2O5/c1-30-22-12-16(10-11-20(22)27)13-25-23(28)18-14-26(15-18)24(29)31-21-9-5-4-8-19(21)17-6-2-3-7-17/h4-5,8-12,17-18,27H,2-3,6-7,13-15H2,1H3,(H,25,28). The zero-order valence-electron chi connectivity index (χ0n) is 17.7. The van der Waals surface area contributed by atoms with Gasteiger partial charge in [0, 0.05) is 19.6 Å². The first-order valence-corrected chi connectivity index (χ1v) is 10.7. The minimum Gasteiger partial charge on any atom is -0.504 e. The number of phenolic OH excluding ortho intramolecular Hbond substituents is 1. The highest BCUT2D eigenvalue weighted by atomic mass is 16.6. The molecule has 164 valence electrons. The number of nitrogens with zero attached hydrogens (tertiary/aromatic N) is 1. The van der Waals surface area contributed by atoms with Gasteiger partial charge in [0.15, 0.2) is 11.5 Å². The van der Waals surface area contributed by atoms with Crippen molar-refractivity contribution >= 4 is 12.0 Å². The molecule has 31 heavy (non-hydrogen) atoms. The lowest BCUT2D eigenvalue weighted by molar-refractivity contribution is -0.129. The van der Waals surface area contributed by atoms with Crippen molar-refractivity contribution in [2.24, 2.45) is 5.92 Å². The number of para-hydroxylation sites is 1. The number of amides is 2. The molecule has 0 spiro atoms. The zero-order valence-corrected chi connectivity index (χ0v) is 17.7. The van der Waals surface area contributed by atoms with Crippen molar-refractivity contribution in [3.63, 3.8) is 0 Å². The lowest BCUT2D eigenvalue weighted by atomic mass is 9.97. The Labute approximate surface area is 182 Å². The van der Waals surface area contributed by atoms with Crippen LogP contribution in [0.25, 0.3) is 0 Å². The van der Waals surface area contributed by atoms with E-state index >= 15 is 0 Å². The van der Waals surface area contributed by atoms with Gasteiger partial charge >= 0.3 is 6.09 Å². The maximum atomic E-state index is 12.5. The van der Waals surface area contributed by atoms with Crippen molar-refractivity contribution in [3.8, 4) is 17.2 Å². The first-order chi connectivity index (χ1) is 15.0. The van der Waals surface area contributed by atoms with Gasteiger partial charge in [-0.25, -0.2) is 4.79 Å². The van der Waals surface area contributed by atoms with Crippen LogP contribution in [0.15, 0.2) is 42.5 Å². The fraction of sp³-hybridized carbons (Fsp3) is 0.417. The molecule has 1 saturated carbocycles. The van der Waals surface area contributed by atoms with E-state index < -0.39 is 6.09 Å². The van der Waals surface area contributed by atoms with Gasteiger partial charge in [0.1, 0.15) is 5.75 Å². The number of carbonyl (C=O) groups excluding carboxylic acids is 2. The number of benzene rings is 2. The van der Waals surface area contributed by atoms with Crippen molar-refractivity contribution in [1.82, 2.24) is 10.2 Å². The molecule has 0 unspecified atom stereocenters. The van der Waals surface area contributed by atoms with Gasteiger partial charge in [0.25, 0.3) is 0 Å². The summed E-state index contributed by atoms with van der Waals surface area (Å²) >= 11 is 0. The number of likely N-dealkylation sites (tertiary alicyclic amines) is 1. The number of nitrogens with one attached hydrogen (secondary N) is 1. The maximum Gasteiger partial charge on any atom is 0.415 e. The van der Waals surface area contributed by atoms with Gasteiger partial charge in [0.05, 0.1) is 13.0 Å². The number of aromatic hydroxyl groups is 1. The molecule has 2 N–H and O–H groups in total. The number of ether oxygens (including phenoxy) is 2. The molecule has 7 heteroatoms. The summed E-state index contributed by atoms with van der Waals surface area (Å²) in [5.74, 6) is 1.15. The summed E-state index contributed by atoms with van der Waals surface area (Å²) in [5.41, 5.74) is 1.93. The number of hydrogen-bond donors (Lipinski definition) is 2. The second kappa shape index (κ2) is 9.29. The van der Waals surface area contributed by atoms with E-state index in [1.54, 1.807) is 17.0 Å². The summed E-state index contributed by atoms with van der Waals surface area (Å²) < 4.78 is 10.8. The first kappa shape index (κ1) is 21.0. The highest BCUT2D eigenvalue weighted by Gasteiger charge is 2.37. The molecule has 2 fully saturated rings. The highest BCUT2D eigenvalue weighted by Crippen LogP contribution is 2.38. The first-order valence-electron chi connectivity index (χ1n) is 10.7. The van der Waals surface area contributed by atoms with Gasteiger partial charge in [-0.05, 0) is 48.1 Å². The molecule has 7 nitrogen and oxygen atoms in total. The highest BCUT2D eigenvalue weighted by molar-refractivity contribution is 5.83. The van der Waals surface area contributed by atoms with Gasteiger partial charge in [0.2, 0.25) is 5.91 Å². The Balaban J connectivity index is 1.26. The van der Waals surface area contributed by atoms with Gasteiger partial charge in [-0.3, -0.25) is 4.79 Å². The number of rotatable bonds is 6. The summed E-state index contributed by atoms with van der Waals surface area (Å²) in [6, 6.07) is 12.7. The number of carbonyl (C=O) groups is 2. The summed E-state index contributed by atoms with van der Waals surface area (Å²) in [6.45, 7) is 1.01. The van der Waals surface area contributed by atoms with E-state index in [0.29, 0.717) is 37.1 Å². The molecule has 2 aromatic rings.